The van der Waals surface area contributed by atoms with Gasteiger partial charge in [-0.2, -0.15) is 10.2 Å². The van der Waals surface area contributed by atoms with Crippen molar-refractivity contribution in [1.82, 2.24) is 44.9 Å². The molecule has 140 valence electrons. The summed E-state index contributed by atoms with van der Waals surface area (Å²) < 4.78 is 2.00. The molecule has 0 spiro atoms. The Morgan fingerprint density at radius 1 is 1.03 bits per heavy atom. The smallest absolute Gasteiger partial charge is 0.139 e. The number of rotatable bonds is 3. The molecule has 6 aromatic rings. The van der Waals surface area contributed by atoms with Crippen molar-refractivity contribution in [2.45, 2.75) is 6.92 Å². The third-order valence-electron chi connectivity index (χ3n) is 5.00. The van der Waals surface area contributed by atoms with E-state index in [2.05, 4.69) is 46.4 Å². The van der Waals surface area contributed by atoms with E-state index in [4.69, 9.17) is 0 Å². The molecule has 0 aromatic carbocycles. The van der Waals surface area contributed by atoms with Crippen LogP contribution in [-0.2, 0) is 0 Å². The van der Waals surface area contributed by atoms with Crippen molar-refractivity contribution in [2.75, 3.05) is 0 Å². The summed E-state index contributed by atoms with van der Waals surface area (Å²) in [5.41, 5.74) is 7.09. The standard InChI is InChI=1S/C20H15N9/c1-11-9-29(10-23-11)18-2-3-21-20-14(18)5-16(26-20)19-13-4-15(12-6-24-25-7-12)22-8-17(13)27-28-19/h2-10H,1H3,(H,21,26)(H,24,25)(H,27,28). The van der Waals surface area contributed by atoms with Gasteiger partial charge in [-0.15, -0.1) is 0 Å². The normalized spacial score (nSPS) is 11.6. The summed E-state index contributed by atoms with van der Waals surface area (Å²) in [4.78, 5) is 16.7. The average Bonchev–Trinajstić information content (AvgIpc) is 3.51. The molecular formula is C20H15N9. The number of nitrogens with one attached hydrogen (secondary N) is 3. The Kier molecular flexibility index (Phi) is 3.19. The number of aryl methyl sites for hydroxylation is 1. The number of fused-ring (bicyclic) bond motifs is 2. The predicted octanol–water partition coefficient (Wildman–Crippen LogP) is 3.39. The maximum atomic E-state index is 4.52. The number of aromatic amines is 3. The minimum atomic E-state index is 0.795. The second-order valence-corrected chi connectivity index (χ2v) is 6.87. The number of nitrogens with zero attached hydrogens (tertiary/aromatic N) is 6. The van der Waals surface area contributed by atoms with Crippen LogP contribution in [0.3, 0.4) is 0 Å². The van der Waals surface area contributed by atoms with Crippen LogP contribution in [0.25, 0.3) is 50.3 Å². The molecule has 0 bridgehead atoms. The molecule has 3 N–H and O–H groups in total. The fourth-order valence-corrected chi connectivity index (χ4v) is 3.59. The number of aromatic nitrogens is 9. The lowest BCUT2D eigenvalue weighted by Gasteiger charge is -2.02. The number of imidazole rings is 1. The average molecular weight is 381 g/mol. The fraction of sp³-hybridized carbons (Fsp3) is 0.0500. The van der Waals surface area contributed by atoms with Crippen LogP contribution in [0.15, 0.2) is 55.5 Å². The van der Waals surface area contributed by atoms with Gasteiger partial charge in [0.2, 0.25) is 0 Å². The van der Waals surface area contributed by atoms with Gasteiger partial charge in [0.05, 0.1) is 47.0 Å². The Balaban J connectivity index is 1.53. The fourth-order valence-electron chi connectivity index (χ4n) is 3.59. The van der Waals surface area contributed by atoms with Crippen LogP contribution in [0.5, 0.6) is 0 Å². The van der Waals surface area contributed by atoms with E-state index in [-0.39, 0.29) is 0 Å². The van der Waals surface area contributed by atoms with Crippen molar-refractivity contribution < 1.29 is 0 Å². The number of H-pyrrole nitrogens is 3. The lowest BCUT2D eigenvalue weighted by atomic mass is 10.1. The monoisotopic (exact) mass is 381 g/mol. The third-order valence-corrected chi connectivity index (χ3v) is 5.00. The minimum absolute atomic E-state index is 0.795. The van der Waals surface area contributed by atoms with Gasteiger partial charge in [-0.1, -0.05) is 0 Å². The Hall–Kier alpha value is -4.27. The van der Waals surface area contributed by atoms with Crippen LogP contribution in [0, 0.1) is 6.92 Å². The molecule has 0 fully saturated rings. The van der Waals surface area contributed by atoms with Gasteiger partial charge in [0.25, 0.3) is 0 Å². The van der Waals surface area contributed by atoms with Crippen molar-refractivity contribution in [3.05, 3.63) is 61.2 Å². The molecule has 6 rings (SSSR count). The Morgan fingerprint density at radius 3 is 2.83 bits per heavy atom. The van der Waals surface area contributed by atoms with E-state index >= 15 is 0 Å². The zero-order valence-electron chi connectivity index (χ0n) is 15.4. The molecule has 0 saturated carbocycles. The van der Waals surface area contributed by atoms with E-state index in [0.29, 0.717) is 0 Å². The molecule has 0 radical (unpaired) electrons. The van der Waals surface area contributed by atoms with E-state index in [9.17, 15) is 0 Å². The van der Waals surface area contributed by atoms with E-state index in [1.807, 2.05) is 42.3 Å². The molecular weight excluding hydrogens is 366 g/mol. The van der Waals surface area contributed by atoms with Crippen molar-refractivity contribution in [1.29, 1.82) is 0 Å². The van der Waals surface area contributed by atoms with Crippen LogP contribution >= 0.6 is 0 Å². The van der Waals surface area contributed by atoms with Gasteiger partial charge in [-0.3, -0.25) is 15.2 Å². The highest BCUT2D eigenvalue weighted by atomic mass is 15.1. The molecule has 0 saturated heterocycles. The molecule has 0 aliphatic heterocycles. The summed E-state index contributed by atoms with van der Waals surface area (Å²) >= 11 is 0. The predicted molar refractivity (Wildman–Crippen MR) is 108 cm³/mol. The molecule has 9 heteroatoms. The minimum Gasteiger partial charge on any atom is -0.338 e. The van der Waals surface area contributed by atoms with Gasteiger partial charge in [0, 0.05) is 34.9 Å². The van der Waals surface area contributed by atoms with Gasteiger partial charge in [0.1, 0.15) is 11.3 Å². The van der Waals surface area contributed by atoms with Gasteiger partial charge >= 0.3 is 0 Å². The summed E-state index contributed by atoms with van der Waals surface area (Å²) in [5, 5.41) is 16.4. The number of hydrogen-bond donors (Lipinski definition) is 3. The SMILES string of the molecule is Cc1cn(-c2ccnc3[nH]c(-c4n[nH]c5cnc(-c6cn[nH]c6)cc45)cc23)cn1. The van der Waals surface area contributed by atoms with E-state index in [1.54, 1.807) is 18.6 Å². The van der Waals surface area contributed by atoms with Crippen molar-refractivity contribution in [3.63, 3.8) is 0 Å². The molecule has 0 unspecified atom stereocenters. The maximum absolute atomic E-state index is 4.52. The topological polar surface area (TPSA) is 117 Å². The Bertz CT molecular complexity index is 1470. The first-order chi connectivity index (χ1) is 14.3. The van der Waals surface area contributed by atoms with Crippen molar-refractivity contribution >= 4 is 21.9 Å². The van der Waals surface area contributed by atoms with Gasteiger partial charge in [-0.25, -0.2) is 9.97 Å². The Morgan fingerprint density at radius 2 is 2.00 bits per heavy atom. The van der Waals surface area contributed by atoms with Gasteiger partial charge < -0.3 is 9.55 Å². The van der Waals surface area contributed by atoms with E-state index in [0.717, 1.165) is 56.0 Å². The van der Waals surface area contributed by atoms with Crippen LogP contribution < -0.4 is 0 Å². The highest BCUT2D eigenvalue weighted by Crippen LogP contribution is 2.31. The first-order valence-electron chi connectivity index (χ1n) is 9.08. The van der Waals surface area contributed by atoms with Crippen LogP contribution in [0.4, 0.5) is 0 Å². The second-order valence-electron chi connectivity index (χ2n) is 6.87. The molecule has 9 nitrogen and oxygen atoms in total. The highest BCUT2D eigenvalue weighted by Gasteiger charge is 2.15. The van der Waals surface area contributed by atoms with Crippen LogP contribution in [0.1, 0.15) is 5.69 Å². The first-order valence-corrected chi connectivity index (χ1v) is 9.08. The summed E-state index contributed by atoms with van der Waals surface area (Å²) in [5.74, 6) is 0. The molecule has 6 heterocycles. The largest absolute Gasteiger partial charge is 0.338 e. The summed E-state index contributed by atoms with van der Waals surface area (Å²) in [7, 11) is 0. The van der Waals surface area contributed by atoms with E-state index in [1.165, 1.54) is 0 Å². The molecule has 0 aliphatic carbocycles. The highest BCUT2D eigenvalue weighted by molar-refractivity contribution is 5.97. The number of pyridine rings is 2. The molecule has 0 atom stereocenters. The maximum Gasteiger partial charge on any atom is 0.139 e. The summed E-state index contributed by atoms with van der Waals surface area (Å²) in [6.07, 6.45) is 10.9. The van der Waals surface area contributed by atoms with Crippen molar-refractivity contribution in [3.8, 4) is 28.3 Å². The molecule has 0 aliphatic rings. The van der Waals surface area contributed by atoms with Crippen LogP contribution in [-0.4, -0.2) is 44.9 Å². The lowest BCUT2D eigenvalue weighted by molar-refractivity contribution is 1.06. The zero-order chi connectivity index (χ0) is 19.4. The van der Waals surface area contributed by atoms with E-state index < -0.39 is 0 Å². The quantitative estimate of drug-likeness (QED) is 0.434. The van der Waals surface area contributed by atoms with Gasteiger partial charge in [-0.05, 0) is 25.1 Å². The molecule has 6 aromatic heterocycles. The van der Waals surface area contributed by atoms with Gasteiger partial charge in [0.15, 0.2) is 0 Å². The zero-order valence-corrected chi connectivity index (χ0v) is 15.4. The van der Waals surface area contributed by atoms with Crippen molar-refractivity contribution in [2.24, 2.45) is 0 Å². The third kappa shape index (κ3) is 2.44. The summed E-state index contributed by atoms with van der Waals surface area (Å²) in [6.45, 7) is 1.97. The number of hydrogen-bond acceptors (Lipinski definition) is 5. The first kappa shape index (κ1) is 15.8. The summed E-state index contributed by atoms with van der Waals surface area (Å²) in [6, 6.07) is 6.06. The van der Waals surface area contributed by atoms with Crippen LogP contribution in [0.2, 0.25) is 0 Å². The molecule has 29 heavy (non-hydrogen) atoms. The lowest BCUT2D eigenvalue weighted by Crippen LogP contribution is -1.91. The second kappa shape index (κ2) is 5.86. The molecule has 0 amide bonds. The Labute approximate surface area is 163 Å².